The van der Waals surface area contributed by atoms with Crippen molar-refractivity contribution in [3.8, 4) is 11.3 Å². The third kappa shape index (κ3) is 2.89. The van der Waals surface area contributed by atoms with Crippen LogP contribution in [0.25, 0.3) is 43.6 Å². The minimum absolute atomic E-state index is 0.605. The standard InChI is InChI=1S/C30H26NOS/c1-18-23-6-4-3-5-21(23)16-26-28(18)30-29-24(9-12-31(30)2)25-15-20(19-10-13-32-14-11-19)7-8-22(25)17-27(29)33-26/h3-9,12,15-17,19H,10-11,13-14H2,1-2H3/q+1. The lowest BCUT2D eigenvalue weighted by atomic mass is 9.88. The molecule has 0 radical (unpaired) electrons. The van der Waals surface area contributed by atoms with E-state index in [1.165, 1.54) is 64.5 Å². The summed E-state index contributed by atoms with van der Waals surface area (Å²) in [6, 6.07) is 23.0. The van der Waals surface area contributed by atoms with Crippen LogP contribution in [0.1, 0.15) is 29.9 Å². The van der Waals surface area contributed by atoms with E-state index >= 15 is 0 Å². The molecule has 0 N–H and O–H groups in total. The predicted octanol–water partition coefficient (Wildman–Crippen LogP) is 7.30. The molecule has 5 aromatic rings. The summed E-state index contributed by atoms with van der Waals surface area (Å²) in [5.74, 6) is 0.605. The lowest BCUT2D eigenvalue weighted by Gasteiger charge is -2.24. The average Bonchev–Trinajstić information content (AvgIpc) is 2.85. The normalized spacial score (nSPS) is 15.9. The molecule has 33 heavy (non-hydrogen) atoms. The van der Waals surface area contributed by atoms with Crippen LogP contribution >= 0.6 is 11.8 Å². The maximum atomic E-state index is 5.62. The molecule has 0 saturated carbocycles. The number of hydrogen-bond acceptors (Lipinski definition) is 2. The number of nitrogens with zero attached hydrogens (tertiary/aromatic N) is 1. The molecule has 1 saturated heterocycles. The van der Waals surface area contributed by atoms with E-state index in [2.05, 4.69) is 85.4 Å². The van der Waals surface area contributed by atoms with Gasteiger partial charge >= 0.3 is 0 Å². The van der Waals surface area contributed by atoms with Gasteiger partial charge in [-0.3, -0.25) is 0 Å². The molecular weight excluding hydrogens is 422 g/mol. The summed E-state index contributed by atoms with van der Waals surface area (Å²) >= 11 is 1.93. The Morgan fingerprint density at radius 3 is 2.52 bits per heavy atom. The van der Waals surface area contributed by atoms with Crippen LogP contribution in [0, 0.1) is 6.92 Å². The second kappa shape index (κ2) is 7.31. The maximum absolute atomic E-state index is 5.62. The Balaban J connectivity index is 1.54. The lowest BCUT2D eigenvalue weighted by molar-refractivity contribution is -0.659. The number of hydrogen-bond donors (Lipinski definition) is 0. The molecular formula is C30H26NOS+. The van der Waals surface area contributed by atoms with Gasteiger partial charge in [0.05, 0.1) is 10.9 Å². The number of benzene rings is 4. The number of fused-ring (bicyclic) bond motifs is 5. The van der Waals surface area contributed by atoms with Crippen molar-refractivity contribution in [2.45, 2.75) is 35.5 Å². The third-order valence-electron chi connectivity index (χ3n) is 7.65. The fraction of sp³-hybridized carbons (Fsp3) is 0.233. The Morgan fingerprint density at radius 2 is 1.64 bits per heavy atom. The molecule has 0 unspecified atom stereocenters. The molecule has 0 atom stereocenters. The van der Waals surface area contributed by atoms with Gasteiger partial charge in [0.15, 0.2) is 6.20 Å². The molecule has 162 valence electrons. The zero-order chi connectivity index (χ0) is 22.1. The van der Waals surface area contributed by atoms with Gasteiger partial charge in [0.1, 0.15) is 7.05 Å². The van der Waals surface area contributed by atoms with Crippen LogP contribution < -0.4 is 4.57 Å². The molecule has 0 bridgehead atoms. The second-order valence-corrected chi connectivity index (χ2v) is 10.6. The van der Waals surface area contributed by atoms with Gasteiger partial charge in [-0.15, -0.1) is 0 Å². The van der Waals surface area contributed by atoms with Crippen molar-refractivity contribution in [2.24, 2.45) is 7.05 Å². The first-order valence-corrected chi connectivity index (χ1v) is 12.7. The second-order valence-electron chi connectivity index (χ2n) is 9.50. The highest BCUT2D eigenvalue weighted by Gasteiger charge is 2.30. The molecule has 0 aliphatic carbocycles. The quantitative estimate of drug-likeness (QED) is 0.193. The minimum atomic E-state index is 0.605. The number of aryl methyl sites for hydroxylation is 2. The van der Waals surface area contributed by atoms with Crippen molar-refractivity contribution < 1.29 is 9.30 Å². The number of pyridine rings is 1. The van der Waals surface area contributed by atoms with Crippen molar-refractivity contribution in [3.05, 3.63) is 78.0 Å². The van der Waals surface area contributed by atoms with Crippen molar-refractivity contribution >= 4 is 44.1 Å². The first-order chi connectivity index (χ1) is 16.2. The Morgan fingerprint density at radius 1 is 0.848 bits per heavy atom. The van der Waals surface area contributed by atoms with Crippen LogP contribution in [0.3, 0.4) is 0 Å². The molecule has 0 amide bonds. The van der Waals surface area contributed by atoms with Gasteiger partial charge in [-0.2, -0.15) is 0 Å². The Hall–Kier alpha value is -2.88. The number of ether oxygens (including phenoxy) is 1. The van der Waals surface area contributed by atoms with E-state index in [0.29, 0.717) is 5.92 Å². The number of rotatable bonds is 1. The molecule has 2 aliphatic heterocycles. The Labute approximate surface area is 198 Å². The van der Waals surface area contributed by atoms with Gasteiger partial charge in [0.2, 0.25) is 5.69 Å². The molecule has 3 heteroatoms. The molecule has 3 heterocycles. The molecule has 1 fully saturated rings. The third-order valence-corrected chi connectivity index (χ3v) is 8.73. The monoisotopic (exact) mass is 448 g/mol. The van der Waals surface area contributed by atoms with E-state index in [4.69, 9.17) is 4.74 Å². The molecule has 7 rings (SSSR count). The van der Waals surface area contributed by atoms with E-state index in [0.717, 1.165) is 26.1 Å². The van der Waals surface area contributed by atoms with Gasteiger partial charge in [0, 0.05) is 34.5 Å². The largest absolute Gasteiger partial charge is 0.381 e. The van der Waals surface area contributed by atoms with Crippen LogP contribution in [0.15, 0.2) is 76.7 Å². The van der Waals surface area contributed by atoms with E-state index in [1.807, 2.05) is 11.8 Å². The van der Waals surface area contributed by atoms with Gasteiger partial charge in [-0.1, -0.05) is 54.2 Å². The van der Waals surface area contributed by atoms with E-state index in [9.17, 15) is 0 Å². The van der Waals surface area contributed by atoms with Gasteiger partial charge in [0.25, 0.3) is 0 Å². The summed E-state index contributed by atoms with van der Waals surface area (Å²) in [6.07, 6.45) is 4.49. The van der Waals surface area contributed by atoms with E-state index in [-0.39, 0.29) is 0 Å². The lowest BCUT2D eigenvalue weighted by Crippen LogP contribution is -2.31. The minimum Gasteiger partial charge on any atom is -0.381 e. The fourth-order valence-corrected chi connectivity index (χ4v) is 7.19. The van der Waals surface area contributed by atoms with Crippen molar-refractivity contribution in [1.82, 2.24) is 0 Å². The first kappa shape index (κ1) is 19.6. The topological polar surface area (TPSA) is 13.1 Å². The van der Waals surface area contributed by atoms with Crippen LogP contribution in [-0.2, 0) is 11.8 Å². The van der Waals surface area contributed by atoms with Crippen LogP contribution in [0.5, 0.6) is 0 Å². The summed E-state index contributed by atoms with van der Waals surface area (Å²) < 4.78 is 7.93. The van der Waals surface area contributed by atoms with Crippen molar-refractivity contribution in [3.63, 3.8) is 0 Å². The first-order valence-electron chi connectivity index (χ1n) is 11.9. The summed E-state index contributed by atoms with van der Waals surface area (Å²) in [5.41, 5.74) is 5.57. The molecule has 2 nitrogen and oxygen atoms in total. The van der Waals surface area contributed by atoms with Crippen LogP contribution in [-0.4, -0.2) is 13.2 Å². The van der Waals surface area contributed by atoms with Gasteiger partial charge in [-0.25, -0.2) is 4.57 Å². The highest BCUT2D eigenvalue weighted by atomic mass is 32.2. The Kier molecular flexibility index (Phi) is 4.34. The summed E-state index contributed by atoms with van der Waals surface area (Å²) in [5, 5.41) is 8.15. The summed E-state index contributed by atoms with van der Waals surface area (Å²) in [4.78, 5) is 2.73. The van der Waals surface area contributed by atoms with Crippen molar-refractivity contribution in [1.29, 1.82) is 0 Å². The molecule has 2 aliphatic rings. The Bertz CT molecular complexity index is 1600. The van der Waals surface area contributed by atoms with Gasteiger partial charge in [-0.05, 0) is 70.5 Å². The van der Waals surface area contributed by atoms with E-state index < -0.39 is 0 Å². The summed E-state index contributed by atoms with van der Waals surface area (Å²) in [7, 11) is 2.19. The molecule has 4 aromatic carbocycles. The SMILES string of the molecule is Cc1c2c(cc3ccccc13)Sc1cc3ccc(C4CCOCC4)cc3c3cc[n+](C)c-2c13. The number of aromatic nitrogens is 1. The smallest absolute Gasteiger partial charge is 0.222 e. The van der Waals surface area contributed by atoms with E-state index in [1.54, 1.807) is 0 Å². The van der Waals surface area contributed by atoms with Crippen molar-refractivity contribution in [2.75, 3.05) is 13.2 Å². The summed E-state index contributed by atoms with van der Waals surface area (Å²) in [6.45, 7) is 4.04. The fourth-order valence-electron chi connectivity index (χ4n) is 5.93. The molecule has 0 spiro atoms. The maximum Gasteiger partial charge on any atom is 0.222 e. The average molecular weight is 449 g/mol. The zero-order valence-electron chi connectivity index (χ0n) is 19.0. The highest BCUT2D eigenvalue weighted by Crippen LogP contribution is 2.51. The van der Waals surface area contributed by atoms with Crippen LogP contribution in [0.4, 0.5) is 0 Å². The highest BCUT2D eigenvalue weighted by molar-refractivity contribution is 7.99. The molecule has 1 aromatic heterocycles. The van der Waals surface area contributed by atoms with Crippen LogP contribution in [0.2, 0.25) is 0 Å². The predicted molar refractivity (Wildman–Crippen MR) is 137 cm³/mol. The zero-order valence-corrected chi connectivity index (χ0v) is 19.8. The van der Waals surface area contributed by atoms with Gasteiger partial charge < -0.3 is 4.74 Å².